The first-order valence-electron chi connectivity index (χ1n) is 9.12. The van der Waals surface area contributed by atoms with E-state index in [0.717, 1.165) is 35.7 Å². The van der Waals surface area contributed by atoms with Crippen LogP contribution in [-0.4, -0.2) is 18.2 Å². The number of para-hydroxylation sites is 2. The lowest BCUT2D eigenvalue weighted by Crippen LogP contribution is -2.31. The van der Waals surface area contributed by atoms with Crippen molar-refractivity contribution in [3.63, 3.8) is 0 Å². The predicted molar refractivity (Wildman–Crippen MR) is 111 cm³/mol. The first kappa shape index (κ1) is 17.7. The molecule has 136 valence electrons. The van der Waals surface area contributed by atoms with E-state index in [9.17, 15) is 4.79 Å². The standard InChI is InChI=1S/C23H21NO2S/c25-23(24-15-6-16-27-22-10-5-4-9-21(22)24)19-13-11-18(12-14-19)17-26-20-7-2-1-3-8-20/h1-5,7-14H,6,15-17H2. The molecule has 0 N–H and O–H groups in total. The summed E-state index contributed by atoms with van der Waals surface area (Å²) in [5, 5.41) is 0. The topological polar surface area (TPSA) is 29.5 Å². The molecule has 1 aliphatic heterocycles. The monoisotopic (exact) mass is 375 g/mol. The van der Waals surface area contributed by atoms with Crippen molar-refractivity contribution >= 4 is 23.4 Å². The maximum Gasteiger partial charge on any atom is 0.258 e. The zero-order valence-corrected chi connectivity index (χ0v) is 15.8. The fraction of sp³-hybridized carbons (Fsp3) is 0.174. The third kappa shape index (κ3) is 4.17. The molecule has 0 aromatic heterocycles. The van der Waals surface area contributed by atoms with E-state index in [-0.39, 0.29) is 5.91 Å². The van der Waals surface area contributed by atoms with Crippen LogP contribution >= 0.6 is 11.8 Å². The number of nitrogens with zero attached hydrogens (tertiary/aromatic N) is 1. The van der Waals surface area contributed by atoms with Gasteiger partial charge in [0.1, 0.15) is 12.4 Å². The Morgan fingerprint density at radius 3 is 2.48 bits per heavy atom. The minimum absolute atomic E-state index is 0.0560. The average molecular weight is 375 g/mol. The van der Waals surface area contributed by atoms with Gasteiger partial charge in [-0.15, -0.1) is 11.8 Å². The Morgan fingerprint density at radius 1 is 0.926 bits per heavy atom. The van der Waals surface area contributed by atoms with Crippen LogP contribution < -0.4 is 9.64 Å². The highest BCUT2D eigenvalue weighted by Gasteiger charge is 2.22. The summed E-state index contributed by atoms with van der Waals surface area (Å²) in [6.07, 6.45) is 0.994. The molecule has 1 amide bonds. The van der Waals surface area contributed by atoms with Crippen molar-refractivity contribution in [1.29, 1.82) is 0 Å². The highest BCUT2D eigenvalue weighted by atomic mass is 32.2. The van der Waals surface area contributed by atoms with E-state index in [2.05, 4.69) is 6.07 Å². The van der Waals surface area contributed by atoms with Gasteiger partial charge in [-0.25, -0.2) is 0 Å². The Kier molecular flexibility index (Phi) is 5.45. The van der Waals surface area contributed by atoms with E-state index in [1.165, 1.54) is 4.90 Å². The van der Waals surface area contributed by atoms with Crippen molar-refractivity contribution in [2.75, 3.05) is 17.2 Å². The Bertz CT molecular complexity index is 909. The Morgan fingerprint density at radius 2 is 1.67 bits per heavy atom. The van der Waals surface area contributed by atoms with Crippen LogP contribution in [0, 0.1) is 0 Å². The number of rotatable bonds is 4. The molecule has 0 saturated carbocycles. The summed E-state index contributed by atoms with van der Waals surface area (Å²) >= 11 is 1.82. The van der Waals surface area contributed by atoms with Crippen LogP contribution in [0.2, 0.25) is 0 Å². The maximum absolute atomic E-state index is 13.1. The Balaban J connectivity index is 1.48. The summed E-state index contributed by atoms with van der Waals surface area (Å²) in [5.74, 6) is 1.94. The van der Waals surface area contributed by atoms with E-state index in [4.69, 9.17) is 4.74 Å². The number of hydrogen-bond acceptors (Lipinski definition) is 3. The molecule has 3 nitrogen and oxygen atoms in total. The molecule has 0 aliphatic carbocycles. The summed E-state index contributed by atoms with van der Waals surface area (Å²) in [6, 6.07) is 25.6. The number of carbonyl (C=O) groups excluding carboxylic acids is 1. The highest BCUT2D eigenvalue weighted by Crippen LogP contribution is 2.34. The molecule has 0 radical (unpaired) electrons. The van der Waals surface area contributed by atoms with Crippen molar-refractivity contribution in [3.05, 3.63) is 90.0 Å². The van der Waals surface area contributed by atoms with Gasteiger partial charge in [0, 0.05) is 17.0 Å². The molecule has 0 spiro atoms. The van der Waals surface area contributed by atoms with Gasteiger partial charge in [-0.3, -0.25) is 4.79 Å². The molecule has 0 bridgehead atoms. The molecular formula is C23H21NO2S. The molecule has 0 unspecified atom stereocenters. The lowest BCUT2D eigenvalue weighted by molar-refractivity contribution is 0.0986. The number of ether oxygens (including phenoxy) is 1. The molecule has 1 heterocycles. The zero-order chi connectivity index (χ0) is 18.5. The molecule has 3 aromatic rings. The summed E-state index contributed by atoms with van der Waals surface area (Å²) in [7, 11) is 0. The van der Waals surface area contributed by atoms with Crippen LogP contribution in [0.15, 0.2) is 83.8 Å². The molecule has 1 aliphatic rings. The second-order valence-electron chi connectivity index (χ2n) is 6.43. The van der Waals surface area contributed by atoms with E-state index < -0.39 is 0 Å². The van der Waals surface area contributed by atoms with Crippen molar-refractivity contribution < 1.29 is 9.53 Å². The van der Waals surface area contributed by atoms with E-state index >= 15 is 0 Å². The van der Waals surface area contributed by atoms with E-state index in [1.54, 1.807) is 0 Å². The Hall–Kier alpha value is -2.72. The summed E-state index contributed by atoms with van der Waals surface area (Å²) in [5.41, 5.74) is 2.77. The first-order chi connectivity index (χ1) is 13.3. The van der Waals surface area contributed by atoms with Gasteiger partial charge < -0.3 is 9.64 Å². The van der Waals surface area contributed by atoms with Crippen molar-refractivity contribution in [2.45, 2.75) is 17.9 Å². The van der Waals surface area contributed by atoms with Crippen molar-refractivity contribution in [2.24, 2.45) is 0 Å². The van der Waals surface area contributed by atoms with Gasteiger partial charge in [0.2, 0.25) is 0 Å². The van der Waals surface area contributed by atoms with E-state index in [1.807, 2.05) is 89.5 Å². The number of carbonyl (C=O) groups is 1. The molecule has 4 rings (SSSR count). The van der Waals surface area contributed by atoms with Gasteiger partial charge in [-0.1, -0.05) is 42.5 Å². The maximum atomic E-state index is 13.1. The molecule has 3 aromatic carbocycles. The van der Waals surface area contributed by atoms with Crippen LogP contribution in [0.25, 0.3) is 0 Å². The highest BCUT2D eigenvalue weighted by molar-refractivity contribution is 7.99. The molecule has 0 saturated heterocycles. The number of anilines is 1. The minimum atomic E-state index is 0.0560. The van der Waals surface area contributed by atoms with Crippen LogP contribution in [0.3, 0.4) is 0 Å². The lowest BCUT2D eigenvalue weighted by atomic mass is 10.1. The lowest BCUT2D eigenvalue weighted by Gasteiger charge is -2.22. The number of fused-ring (bicyclic) bond motifs is 1. The van der Waals surface area contributed by atoms with Gasteiger partial charge in [0.05, 0.1) is 5.69 Å². The Labute approximate surface area is 164 Å². The molecular weight excluding hydrogens is 354 g/mol. The van der Waals surface area contributed by atoms with Crippen molar-refractivity contribution in [1.82, 2.24) is 0 Å². The summed E-state index contributed by atoms with van der Waals surface area (Å²) in [6.45, 7) is 1.24. The fourth-order valence-corrected chi connectivity index (χ4v) is 4.12. The van der Waals surface area contributed by atoms with Gasteiger partial charge in [0.25, 0.3) is 5.91 Å². The number of thioether (sulfide) groups is 1. The predicted octanol–water partition coefficient (Wildman–Crippen LogP) is 5.41. The number of amides is 1. The second kappa shape index (κ2) is 8.31. The smallest absolute Gasteiger partial charge is 0.258 e. The van der Waals surface area contributed by atoms with Crippen LogP contribution in [0.1, 0.15) is 22.3 Å². The van der Waals surface area contributed by atoms with Gasteiger partial charge in [0.15, 0.2) is 0 Å². The molecule has 4 heteroatoms. The second-order valence-corrected chi connectivity index (χ2v) is 7.56. The SMILES string of the molecule is O=C(c1ccc(COc2ccccc2)cc1)N1CCCSc2ccccc21. The molecule has 27 heavy (non-hydrogen) atoms. The summed E-state index contributed by atoms with van der Waals surface area (Å²) in [4.78, 5) is 16.2. The van der Waals surface area contributed by atoms with Crippen molar-refractivity contribution in [3.8, 4) is 5.75 Å². The van der Waals surface area contributed by atoms with Gasteiger partial charge in [-0.05, 0) is 54.1 Å². The summed E-state index contributed by atoms with van der Waals surface area (Å²) < 4.78 is 5.77. The van der Waals surface area contributed by atoms with Crippen LogP contribution in [0.5, 0.6) is 5.75 Å². The largest absolute Gasteiger partial charge is 0.489 e. The van der Waals surface area contributed by atoms with Crippen LogP contribution in [0.4, 0.5) is 5.69 Å². The average Bonchev–Trinajstić information content (AvgIpc) is 2.95. The third-order valence-electron chi connectivity index (χ3n) is 4.53. The number of hydrogen-bond donors (Lipinski definition) is 0. The first-order valence-corrected chi connectivity index (χ1v) is 10.1. The molecule has 0 atom stereocenters. The molecule has 0 fully saturated rings. The number of benzene rings is 3. The zero-order valence-electron chi connectivity index (χ0n) is 15.0. The fourth-order valence-electron chi connectivity index (χ4n) is 3.12. The minimum Gasteiger partial charge on any atom is -0.489 e. The normalized spacial score (nSPS) is 13.6. The van der Waals surface area contributed by atoms with Crippen LogP contribution in [-0.2, 0) is 6.61 Å². The quantitative estimate of drug-likeness (QED) is 0.611. The third-order valence-corrected chi connectivity index (χ3v) is 5.68. The van der Waals surface area contributed by atoms with E-state index in [0.29, 0.717) is 12.2 Å². The van der Waals surface area contributed by atoms with Gasteiger partial charge in [-0.2, -0.15) is 0 Å². The van der Waals surface area contributed by atoms with Gasteiger partial charge >= 0.3 is 0 Å².